The second kappa shape index (κ2) is 22.6. The topological polar surface area (TPSA) is 178 Å². The fraction of sp³-hybridized carbons (Fsp3) is 0.655. The Morgan fingerprint density at radius 2 is 1.56 bits per heavy atom. The third kappa shape index (κ3) is 12.5. The number of oxazole rings is 1. The molecule has 0 radical (unpaired) electrons. The fourth-order valence-electron chi connectivity index (χ4n) is 10.5. The summed E-state index contributed by atoms with van der Waals surface area (Å²) in [4.78, 5) is 31.2. The van der Waals surface area contributed by atoms with E-state index >= 15 is 0 Å². The van der Waals surface area contributed by atoms with Gasteiger partial charge in [0.25, 0.3) is 14.2 Å². The van der Waals surface area contributed by atoms with Crippen LogP contribution in [-0.2, 0) is 42.4 Å². The number of carbonyl (C=O) groups is 2. The highest BCUT2D eigenvalue weighted by Crippen LogP contribution is 2.56. The van der Waals surface area contributed by atoms with Crippen LogP contribution >= 0.6 is 0 Å². The lowest BCUT2D eigenvalue weighted by Crippen LogP contribution is -2.70. The van der Waals surface area contributed by atoms with Gasteiger partial charge in [-0.3, -0.25) is 4.79 Å². The van der Waals surface area contributed by atoms with E-state index in [1.165, 1.54) is 17.5 Å². The van der Waals surface area contributed by atoms with E-state index in [-0.39, 0.29) is 47.7 Å². The van der Waals surface area contributed by atoms with E-state index in [0.717, 1.165) is 0 Å². The van der Waals surface area contributed by atoms with Crippen LogP contribution in [0.15, 0.2) is 77.4 Å². The molecule has 71 heavy (non-hydrogen) atoms. The highest BCUT2D eigenvalue weighted by Gasteiger charge is 2.67. The second-order valence-corrected chi connectivity index (χ2v) is 26.9. The van der Waals surface area contributed by atoms with E-state index in [1.807, 2.05) is 33.8 Å². The molecular weight excluding hydrogens is 923 g/mol. The van der Waals surface area contributed by atoms with Crippen LogP contribution < -0.4 is 21.0 Å². The van der Waals surface area contributed by atoms with Gasteiger partial charge < -0.3 is 57.7 Å². The Balaban J connectivity index is 1.18. The standard InChI is InChI=1S/C55H83N3O12Si/c1-16-41(63-15)45-47(59)53(10,11)55(68-45)32-43(70-71(52(7,8)9,38-25-19-17-20-26-38)39-27-21-18-22-28-39)36(3)42(65-55)29-23-24-37-33-64-49(57-37)35(2)30-31-56-48(60)46-44(66-54(12,13)67-46)40(34-62-14)58-50(61)69-51(4,5)6/h17-28,33,35-36,40-47,59H,16,29-32,34H2,1-15H3,(H,56,60)(H,58,61)/b24-23+/t35-,36+,40-,41-,42-,43+,44-,45+,46-,47-,55+/m1/s1. The summed E-state index contributed by atoms with van der Waals surface area (Å²) in [5, 5.41) is 19.9. The van der Waals surface area contributed by atoms with Crippen molar-refractivity contribution in [2.45, 2.75) is 193 Å². The first-order chi connectivity index (χ1) is 33.3. The van der Waals surface area contributed by atoms with Crippen molar-refractivity contribution < 1.29 is 56.7 Å². The van der Waals surface area contributed by atoms with Crippen molar-refractivity contribution in [2.75, 3.05) is 27.4 Å². The molecule has 0 saturated carbocycles. The minimum Gasteiger partial charge on any atom is -0.448 e. The highest BCUT2D eigenvalue weighted by atomic mass is 28.4. The number of hydrogen-bond acceptors (Lipinski definition) is 13. The lowest BCUT2D eigenvalue weighted by atomic mass is 9.72. The molecule has 3 aliphatic heterocycles. The molecule has 6 rings (SSSR count). The molecule has 16 heteroatoms. The van der Waals surface area contributed by atoms with Crippen LogP contribution in [0.4, 0.5) is 4.79 Å². The van der Waals surface area contributed by atoms with E-state index in [2.05, 4.69) is 105 Å². The quantitative estimate of drug-likeness (QED) is 0.0985. The molecule has 0 bridgehead atoms. The number of nitrogens with one attached hydrogen (secondary N) is 2. The van der Waals surface area contributed by atoms with Gasteiger partial charge in [0.15, 0.2) is 23.6 Å². The zero-order chi connectivity index (χ0) is 52.2. The molecule has 3 N–H and O–H groups in total. The molecule has 2 aromatic carbocycles. The maximum absolute atomic E-state index is 13.6. The highest BCUT2D eigenvalue weighted by molar-refractivity contribution is 6.99. The predicted octanol–water partition coefficient (Wildman–Crippen LogP) is 8.02. The van der Waals surface area contributed by atoms with Gasteiger partial charge in [-0.2, -0.15) is 0 Å². The molecule has 1 aromatic heterocycles. The van der Waals surface area contributed by atoms with Crippen LogP contribution in [0, 0.1) is 11.3 Å². The molecule has 11 atom stereocenters. The average molecular weight is 1010 g/mol. The van der Waals surface area contributed by atoms with Crippen molar-refractivity contribution in [2.24, 2.45) is 11.3 Å². The Morgan fingerprint density at radius 1 is 0.930 bits per heavy atom. The summed E-state index contributed by atoms with van der Waals surface area (Å²) in [6.45, 7) is 26.3. The number of benzene rings is 2. The number of ether oxygens (including phenoxy) is 7. The Hall–Kier alpha value is -3.97. The summed E-state index contributed by atoms with van der Waals surface area (Å²) in [5.41, 5.74) is -0.891. The molecule has 2 amide bonds. The van der Waals surface area contributed by atoms with Gasteiger partial charge in [0.1, 0.15) is 29.8 Å². The smallest absolute Gasteiger partial charge is 0.408 e. The van der Waals surface area contributed by atoms with E-state index < -0.39 is 67.5 Å². The number of methoxy groups -OCH3 is 2. The molecule has 3 aromatic rings. The number of aromatic nitrogens is 1. The van der Waals surface area contributed by atoms with Gasteiger partial charge >= 0.3 is 6.09 Å². The summed E-state index contributed by atoms with van der Waals surface area (Å²) in [6, 6.07) is 20.6. The molecule has 3 fully saturated rings. The van der Waals surface area contributed by atoms with Gasteiger partial charge in [-0.15, -0.1) is 0 Å². The van der Waals surface area contributed by atoms with Crippen molar-refractivity contribution in [3.05, 3.63) is 84.6 Å². The zero-order valence-electron chi connectivity index (χ0n) is 44.9. The lowest BCUT2D eigenvalue weighted by Gasteiger charge is -2.54. The van der Waals surface area contributed by atoms with Gasteiger partial charge in [0.2, 0.25) is 0 Å². The molecule has 1 spiro atoms. The van der Waals surface area contributed by atoms with E-state index in [0.29, 0.717) is 43.8 Å². The Bertz CT molecular complexity index is 2180. The van der Waals surface area contributed by atoms with Crippen molar-refractivity contribution in [1.29, 1.82) is 0 Å². The number of amides is 2. The molecule has 394 valence electrons. The largest absolute Gasteiger partial charge is 0.448 e. The first-order valence-corrected chi connectivity index (χ1v) is 27.3. The number of nitrogens with zero attached hydrogens (tertiary/aromatic N) is 1. The van der Waals surface area contributed by atoms with Crippen molar-refractivity contribution >= 4 is 36.8 Å². The third-order valence-corrected chi connectivity index (χ3v) is 19.5. The lowest BCUT2D eigenvalue weighted by molar-refractivity contribution is -0.332. The molecule has 4 heterocycles. The zero-order valence-corrected chi connectivity index (χ0v) is 45.9. The summed E-state index contributed by atoms with van der Waals surface area (Å²) >= 11 is 0. The maximum atomic E-state index is 13.6. The first-order valence-electron chi connectivity index (χ1n) is 25.4. The van der Waals surface area contributed by atoms with E-state index in [4.69, 9.17) is 47.0 Å². The molecule has 3 aliphatic rings. The number of aliphatic hydroxyl groups excluding tert-OH is 1. The molecule has 0 unspecified atom stereocenters. The number of alkyl carbamates (subject to hydrolysis) is 1. The summed E-state index contributed by atoms with van der Waals surface area (Å²) in [7, 11) is 0.137. The number of hydrogen-bond donors (Lipinski definition) is 3. The average Bonchev–Trinajstić information content (AvgIpc) is 3.96. The monoisotopic (exact) mass is 1010 g/mol. The van der Waals surface area contributed by atoms with Crippen molar-refractivity contribution in [3.8, 4) is 0 Å². The summed E-state index contributed by atoms with van der Waals surface area (Å²) in [6.07, 6.45) is 2.79. The van der Waals surface area contributed by atoms with Gasteiger partial charge in [0, 0.05) is 44.4 Å². The van der Waals surface area contributed by atoms with Crippen LogP contribution in [-0.4, -0.2) is 124 Å². The number of rotatable bonds is 19. The Labute approximate surface area is 423 Å². The van der Waals surface area contributed by atoms with Gasteiger partial charge in [-0.1, -0.05) is 122 Å². The molecule has 0 aliphatic carbocycles. The van der Waals surface area contributed by atoms with Crippen LogP contribution in [0.3, 0.4) is 0 Å². The van der Waals surface area contributed by atoms with Crippen molar-refractivity contribution in [3.63, 3.8) is 0 Å². The normalized spacial score (nSPS) is 27.9. The van der Waals surface area contributed by atoms with Crippen LogP contribution in [0.2, 0.25) is 5.04 Å². The van der Waals surface area contributed by atoms with Gasteiger partial charge in [0.05, 0.1) is 37.1 Å². The van der Waals surface area contributed by atoms with Gasteiger partial charge in [-0.05, 0) is 75.4 Å². The summed E-state index contributed by atoms with van der Waals surface area (Å²) in [5.74, 6) is -2.33. The molecular formula is C55H83N3O12Si. The van der Waals surface area contributed by atoms with E-state index in [9.17, 15) is 14.7 Å². The van der Waals surface area contributed by atoms with Crippen LogP contribution in [0.5, 0.6) is 0 Å². The second-order valence-electron chi connectivity index (χ2n) is 22.7. The first kappa shape index (κ1) is 56.3. The SMILES string of the molecule is CC[C@@H](OC)[C@@H]1O[C@@]2(C[C@H](O[Si](c3ccccc3)(c3ccccc3)C(C)(C)C)[C@@H](C)[C@@H](C/C=C/c3coc([C@H](C)CCNC(=O)[C@@H]4OC(C)(C)O[C@@H]4[C@@H](COC)NC(=O)OC(C)(C)C)n3)O2)C(C)(C)[C@@H]1O. The maximum Gasteiger partial charge on any atom is 0.408 e. The fourth-order valence-corrected chi connectivity index (χ4v) is 15.3. The Kier molecular flexibility index (Phi) is 18.0. The van der Waals surface area contributed by atoms with Crippen LogP contribution in [0.25, 0.3) is 6.08 Å². The van der Waals surface area contributed by atoms with E-state index in [1.54, 1.807) is 48.0 Å². The summed E-state index contributed by atoms with van der Waals surface area (Å²) < 4.78 is 57.1. The third-order valence-electron chi connectivity index (χ3n) is 14.5. The van der Waals surface area contributed by atoms with Crippen LogP contribution in [0.1, 0.15) is 133 Å². The number of aliphatic hydroxyl groups is 1. The number of carbonyl (C=O) groups excluding carboxylic acids is 2. The Morgan fingerprint density at radius 3 is 2.13 bits per heavy atom. The molecule has 3 saturated heterocycles. The predicted molar refractivity (Wildman–Crippen MR) is 275 cm³/mol. The van der Waals surface area contributed by atoms with Crippen molar-refractivity contribution in [1.82, 2.24) is 15.6 Å². The minimum atomic E-state index is -3.03. The minimum absolute atomic E-state index is 0.0714. The molecule has 15 nitrogen and oxygen atoms in total. The van der Waals surface area contributed by atoms with Gasteiger partial charge in [-0.25, -0.2) is 9.78 Å².